The van der Waals surface area contributed by atoms with E-state index in [1.54, 1.807) is 0 Å². The molecular weight excluding hydrogens is 280 g/mol. The third-order valence-corrected chi connectivity index (χ3v) is 3.76. The maximum absolute atomic E-state index is 4.45. The number of hydrogen-bond acceptors (Lipinski definition) is 3. The summed E-state index contributed by atoms with van der Waals surface area (Å²) < 4.78 is 2.89. The quantitative estimate of drug-likeness (QED) is 0.945. The molecule has 5 heteroatoms. The minimum atomic E-state index is 0.827. The highest BCUT2D eigenvalue weighted by atomic mass is 79.9. The minimum absolute atomic E-state index is 0.827. The average molecular weight is 295 g/mol. The monoisotopic (exact) mass is 294 g/mol. The van der Waals surface area contributed by atoms with Crippen molar-refractivity contribution in [2.75, 3.05) is 7.05 Å². The van der Waals surface area contributed by atoms with Crippen molar-refractivity contribution >= 4 is 15.9 Å². The molecular formula is C12H15BrN4. The molecule has 17 heavy (non-hydrogen) atoms. The molecule has 0 spiro atoms. The second kappa shape index (κ2) is 4.98. The Balaban J connectivity index is 2.36. The van der Waals surface area contributed by atoms with Crippen LogP contribution in [0, 0.1) is 13.8 Å². The van der Waals surface area contributed by atoms with Crippen LogP contribution in [0.5, 0.6) is 0 Å². The van der Waals surface area contributed by atoms with Gasteiger partial charge in [-0.15, -0.1) is 0 Å². The van der Waals surface area contributed by atoms with Gasteiger partial charge in [0.1, 0.15) is 0 Å². The van der Waals surface area contributed by atoms with E-state index in [1.807, 2.05) is 37.8 Å². The van der Waals surface area contributed by atoms with Crippen LogP contribution in [0.2, 0.25) is 0 Å². The van der Waals surface area contributed by atoms with Gasteiger partial charge in [0.2, 0.25) is 0 Å². The van der Waals surface area contributed by atoms with Crippen LogP contribution in [-0.2, 0) is 6.54 Å². The van der Waals surface area contributed by atoms with Crippen molar-refractivity contribution in [1.82, 2.24) is 20.1 Å². The van der Waals surface area contributed by atoms with Gasteiger partial charge in [0.25, 0.3) is 0 Å². The molecule has 0 atom stereocenters. The highest BCUT2D eigenvalue weighted by Gasteiger charge is 2.10. The third-order valence-electron chi connectivity index (χ3n) is 2.61. The second-order valence-corrected chi connectivity index (χ2v) is 4.74. The molecule has 0 saturated heterocycles. The van der Waals surface area contributed by atoms with Crippen LogP contribution in [-0.4, -0.2) is 21.8 Å². The summed E-state index contributed by atoms with van der Waals surface area (Å²) in [6, 6.07) is 4.04. The van der Waals surface area contributed by atoms with E-state index in [9.17, 15) is 0 Å². The summed E-state index contributed by atoms with van der Waals surface area (Å²) in [6.45, 7) is 4.82. The molecule has 2 aromatic heterocycles. The largest absolute Gasteiger partial charge is 0.316 e. The molecule has 0 saturated carbocycles. The van der Waals surface area contributed by atoms with Crippen LogP contribution in [0.4, 0.5) is 0 Å². The van der Waals surface area contributed by atoms with Crippen molar-refractivity contribution < 1.29 is 0 Å². The fourth-order valence-electron chi connectivity index (χ4n) is 1.70. The SMILES string of the molecule is CNCc1ccc(-n2nc(C)c(Br)c2C)nc1. The molecule has 0 aromatic carbocycles. The molecule has 90 valence electrons. The Morgan fingerprint density at radius 3 is 2.59 bits per heavy atom. The van der Waals surface area contributed by atoms with Crippen molar-refractivity contribution in [3.8, 4) is 5.82 Å². The summed E-state index contributed by atoms with van der Waals surface area (Å²) in [5.74, 6) is 0.844. The highest BCUT2D eigenvalue weighted by molar-refractivity contribution is 9.10. The summed E-state index contributed by atoms with van der Waals surface area (Å²) >= 11 is 3.52. The number of pyridine rings is 1. The van der Waals surface area contributed by atoms with Crippen molar-refractivity contribution in [1.29, 1.82) is 0 Å². The predicted octanol–water partition coefficient (Wildman–Crippen LogP) is 2.37. The first-order valence-electron chi connectivity index (χ1n) is 5.45. The molecule has 2 rings (SSSR count). The van der Waals surface area contributed by atoms with E-state index in [1.165, 1.54) is 0 Å². The van der Waals surface area contributed by atoms with E-state index in [-0.39, 0.29) is 0 Å². The Hall–Kier alpha value is -1.20. The average Bonchev–Trinajstić information content (AvgIpc) is 2.59. The first-order valence-corrected chi connectivity index (χ1v) is 6.24. The van der Waals surface area contributed by atoms with E-state index in [0.717, 1.165) is 33.8 Å². The first-order chi connectivity index (χ1) is 8.13. The van der Waals surface area contributed by atoms with Crippen LogP contribution in [0.15, 0.2) is 22.8 Å². The van der Waals surface area contributed by atoms with E-state index in [2.05, 4.69) is 37.4 Å². The van der Waals surface area contributed by atoms with E-state index in [4.69, 9.17) is 0 Å². The molecule has 2 heterocycles. The minimum Gasteiger partial charge on any atom is -0.316 e. The highest BCUT2D eigenvalue weighted by Crippen LogP contribution is 2.22. The molecule has 0 amide bonds. The van der Waals surface area contributed by atoms with Crippen LogP contribution in [0.1, 0.15) is 17.0 Å². The van der Waals surface area contributed by atoms with Crippen LogP contribution >= 0.6 is 15.9 Å². The molecule has 0 unspecified atom stereocenters. The number of nitrogens with one attached hydrogen (secondary N) is 1. The molecule has 0 fully saturated rings. The molecule has 0 aliphatic carbocycles. The van der Waals surface area contributed by atoms with Gasteiger partial charge in [0.05, 0.1) is 15.9 Å². The molecule has 2 aromatic rings. The lowest BCUT2D eigenvalue weighted by Gasteiger charge is -2.04. The number of halogens is 1. The Morgan fingerprint density at radius 1 is 1.35 bits per heavy atom. The van der Waals surface area contributed by atoms with Crippen molar-refractivity contribution in [2.45, 2.75) is 20.4 Å². The Labute approximate surface area is 109 Å². The fraction of sp³-hybridized carbons (Fsp3) is 0.333. The van der Waals surface area contributed by atoms with Gasteiger partial charge in [-0.1, -0.05) is 6.07 Å². The Morgan fingerprint density at radius 2 is 2.12 bits per heavy atom. The normalized spacial score (nSPS) is 10.8. The third kappa shape index (κ3) is 2.40. The maximum Gasteiger partial charge on any atom is 0.153 e. The number of hydrogen-bond donors (Lipinski definition) is 1. The maximum atomic E-state index is 4.45. The smallest absolute Gasteiger partial charge is 0.153 e. The zero-order valence-electron chi connectivity index (χ0n) is 10.2. The van der Waals surface area contributed by atoms with E-state index < -0.39 is 0 Å². The number of nitrogens with zero attached hydrogens (tertiary/aromatic N) is 3. The molecule has 0 radical (unpaired) electrons. The van der Waals surface area contributed by atoms with Crippen molar-refractivity contribution in [3.63, 3.8) is 0 Å². The van der Waals surface area contributed by atoms with Crippen molar-refractivity contribution in [3.05, 3.63) is 39.8 Å². The fourth-order valence-corrected chi connectivity index (χ4v) is 1.94. The summed E-state index contributed by atoms with van der Waals surface area (Å²) in [5, 5.41) is 7.55. The van der Waals surface area contributed by atoms with Gasteiger partial charge < -0.3 is 5.32 Å². The molecule has 0 aliphatic rings. The number of rotatable bonds is 3. The molecule has 0 aliphatic heterocycles. The zero-order valence-corrected chi connectivity index (χ0v) is 11.7. The van der Waals surface area contributed by atoms with Gasteiger partial charge in [0.15, 0.2) is 5.82 Å². The molecule has 1 N–H and O–H groups in total. The number of aryl methyl sites for hydroxylation is 1. The van der Waals surface area contributed by atoms with Gasteiger partial charge in [-0.3, -0.25) is 0 Å². The van der Waals surface area contributed by atoms with Crippen molar-refractivity contribution in [2.24, 2.45) is 0 Å². The van der Waals surface area contributed by atoms with Crippen LogP contribution in [0.3, 0.4) is 0 Å². The van der Waals surface area contributed by atoms with Gasteiger partial charge in [-0.25, -0.2) is 9.67 Å². The summed E-state index contributed by atoms with van der Waals surface area (Å²) in [6.07, 6.45) is 1.87. The standard InChI is InChI=1S/C12H15BrN4/c1-8-12(13)9(2)17(16-8)11-5-4-10(6-14-3)7-15-11/h4-5,7,14H,6H2,1-3H3. The van der Waals surface area contributed by atoms with Gasteiger partial charge >= 0.3 is 0 Å². The van der Waals surface area contributed by atoms with Gasteiger partial charge in [-0.2, -0.15) is 5.10 Å². The van der Waals surface area contributed by atoms with Gasteiger partial charge in [0, 0.05) is 12.7 Å². The van der Waals surface area contributed by atoms with Crippen LogP contribution < -0.4 is 5.32 Å². The Bertz CT molecular complexity index is 516. The van der Waals surface area contributed by atoms with Gasteiger partial charge in [-0.05, 0) is 48.5 Å². The second-order valence-electron chi connectivity index (χ2n) is 3.95. The van der Waals surface area contributed by atoms with Crippen LogP contribution in [0.25, 0.3) is 5.82 Å². The predicted molar refractivity (Wildman–Crippen MR) is 71.3 cm³/mol. The summed E-state index contributed by atoms with van der Waals surface area (Å²) in [7, 11) is 1.92. The lowest BCUT2D eigenvalue weighted by Crippen LogP contribution is -2.07. The number of aromatic nitrogens is 3. The molecule has 4 nitrogen and oxygen atoms in total. The Kier molecular flexibility index (Phi) is 3.59. The molecule has 0 bridgehead atoms. The summed E-state index contributed by atoms with van der Waals surface area (Å²) in [5.41, 5.74) is 3.21. The first kappa shape index (κ1) is 12.3. The van der Waals surface area contributed by atoms with E-state index >= 15 is 0 Å². The zero-order chi connectivity index (χ0) is 12.4. The lowest BCUT2D eigenvalue weighted by molar-refractivity contribution is 0.787. The topological polar surface area (TPSA) is 42.7 Å². The van der Waals surface area contributed by atoms with E-state index in [0.29, 0.717) is 0 Å². The lowest BCUT2D eigenvalue weighted by atomic mass is 10.3. The summed E-state index contributed by atoms with van der Waals surface area (Å²) in [4.78, 5) is 4.42.